The van der Waals surface area contributed by atoms with Crippen LogP contribution in [0.25, 0.3) is 0 Å². The summed E-state index contributed by atoms with van der Waals surface area (Å²) in [5.41, 5.74) is 5.71. The zero-order valence-corrected chi connectivity index (χ0v) is 12.5. The fraction of sp³-hybridized carbons (Fsp3) is 0.938. The lowest BCUT2D eigenvalue weighted by Crippen LogP contribution is -2.56. The molecule has 2 saturated heterocycles. The first-order valence-corrected chi connectivity index (χ1v) is 8.08. The molecule has 0 bridgehead atoms. The molecule has 0 aromatic rings. The van der Waals surface area contributed by atoms with Gasteiger partial charge in [0.15, 0.2) is 5.78 Å². The Hall–Kier alpha value is -0.450. The summed E-state index contributed by atoms with van der Waals surface area (Å²) in [4.78, 5) is 12.9. The summed E-state index contributed by atoms with van der Waals surface area (Å²) in [5, 5.41) is 0. The fourth-order valence-electron chi connectivity index (χ4n) is 4.34. The van der Waals surface area contributed by atoms with Crippen molar-refractivity contribution in [2.75, 3.05) is 19.8 Å². The average Bonchev–Trinajstić information content (AvgIpc) is 2.85. The van der Waals surface area contributed by atoms with Crippen molar-refractivity contribution in [3.8, 4) is 0 Å². The predicted molar refractivity (Wildman–Crippen MR) is 76.4 cm³/mol. The van der Waals surface area contributed by atoms with Gasteiger partial charge >= 0.3 is 0 Å². The molecule has 0 amide bonds. The number of carbonyl (C=O) groups excluding carboxylic acids is 1. The zero-order valence-electron chi connectivity index (χ0n) is 12.5. The van der Waals surface area contributed by atoms with Gasteiger partial charge in [0, 0.05) is 25.6 Å². The third kappa shape index (κ3) is 2.66. The Bertz CT molecular complexity index is 378. The van der Waals surface area contributed by atoms with Crippen LogP contribution >= 0.6 is 0 Å². The van der Waals surface area contributed by atoms with Crippen LogP contribution in [0.4, 0.5) is 0 Å². The maximum absolute atomic E-state index is 12.9. The quantitative estimate of drug-likeness (QED) is 0.841. The van der Waals surface area contributed by atoms with Gasteiger partial charge in [0.2, 0.25) is 0 Å². The second kappa shape index (κ2) is 5.39. The number of carbonyl (C=O) groups is 1. The molecule has 1 spiro atoms. The van der Waals surface area contributed by atoms with Crippen molar-refractivity contribution in [1.29, 1.82) is 0 Å². The van der Waals surface area contributed by atoms with Gasteiger partial charge < -0.3 is 15.2 Å². The molecule has 3 fully saturated rings. The zero-order chi connectivity index (χ0) is 14.2. The Kier molecular flexibility index (Phi) is 3.91. The lowest BCUT2D eigenvalue weighted by atomic mass is 9.69. The lowest BCUT2D eigenvalue weighted by molar-refractivity contribution is -0.143. The number of ketones is 1. The number of rotatable bonds is 2. The van der Waals surface area contributed by atoms with Gasteiger partial charge in [-0.25, -0.2) is 0 Å². The van der Waals surface area contributed by atoms with Gasteiger partial charge in [-0.3, -0.25) is 4.79 Å². The smallest absolute Gasteiger partial charge is 0.155 e. The van der Waals surface area contributed by atoms with Crippen LogP contribution in [0.3, 0.4) is 0 Å². The molecule has 4 nitrogen and oxygen atoms in total. The summed E-state index contributed by atoms with van der Waals surface area (Å²) in [5.74, 6) is 0.931. The van der Waals surface area contributed by atoms with Crippen LogP contribution in [-0.4, -0.2) is 36.7 Å². The largest absolute Gasteiger partial charge is 0.378 e. The predicted octanol–water partition coefficient (Wildman–Crippen LogP) is 2.05. The van der Waals surface area contributed by atoms with Gasteiger partial charge in [-0.05, 0) is 31.6 Å². The van der Waals surface area contributed by atoms with Crippen molar-refractivity contribution in [3.63, 3.8) is 0 Å². The number of Topliss-reactive ketones (excluding diaryl/α,β-unsaturated/α-hetero) is 1. The maximum atomic E-state index is 12.9. The Balaban J connectivity index is 1.70. The number of hydrogen-bond donors (Lipinski definition) is 1. The number of nitrogens with two attached hydrogens (primary N) is 1. The molecule has 114 valence electrons. The van der Waals surface area contributed by atoms with Crippen molar-refractivity contribution in [1.82, 2.24) is 0 Å². The van der Waals surface area contributed by atoms with Crippen LogP contribution in [0.2, 0.25) is 0 Å². The molecule has 2 N–H and O–H groups in total. The minimum Gasteiger partial charge on any atom is -0.378 e. The van der Waals surface area contributed by atoms with Crippen molar-refractivity contribution in [2.24, 2.45) is 17.6 Å². The number of ether oxygens (including phenoxy) is 2. The second-order valence-corrected chi connectivity index (χ2v) is 7.25. The van der Waals surface area contributed by atoms with Crippen LogP contribution in [0, 0.1) is 11.8 Å². The molecule has 3 aliphatic rings. The highest BCUT2D eigenvalue weighted by Crippen LogP contribution is 2.40. The van der Waals surface area contributed by atoms with Crippen LogP contribution in [0.15, 0.2) is 0 Å². The molecular weight excluding hydrogens is 254 g/mol. The summed E-state index contributed by atoms with van der Waals surface area (Å²) in [6.45, 7) is 4.28. The first kappa shape index (κ1) is 14.5. The first-order valence-electron chi connectivity index (χ1n) is 8.08. The number of hydrogen-bond acceptors (Lipinski definition) is 4. The van der Waals surface area contributed by atoms with E-state index in [1.54, 1.807) is 0 Å². The van der Waals surface area contributed by atoms with Crippen molar-refractivity contribution >= 4 is 5.78 Å². The van der Waals surface area contributed by atoms with E-state index in [1.807, 2.05) is 0 Å². The standard InChI is InChI=1S/C16H27NO3/c1-12-3-2-5-16(17,9-12)14(18)13-4-7-20-15(10-13)6-8-19-11-15/h12-13H,2-11,17H2,1H3. The molecule has 1 aliphatic carbocycles. The highest BCUT2D eigenvalue weighted by molar-refractivity contribution is 5.90. The van der Waals surface area contributed by atoms with Crippen molar-refractivity contribution in [3.05, 3.63) is 0 Å². The molecule has 4 unspecified atom stereocenters. The van der Waals surface area contributed by atoms with Gasteiger partial charge in [-0.15, -0.1) is 0 Å². The summed E-state index contributed by atoms with van der Waals surface area (Å²) < 4.78 is 11.4. The fourth-order valence-corrected chi connectivity index (χ4v) is 4.34. The van der Waals surface area contributed by atoms with E-state index < -0.39 is 5.54 Å². The van der Waals surface area contributed by atoms with Crippen molar-refractivity contribution < 1.29 is 14.3 Å². The normalized spacial score (nSPS) is 45.7. The van der Waals surface area contributed by atoms with Gasteiger partial charge in [0.05, 0.1) is 17.7 Å². The highest BCUT2D eigenvalue weighted by atomic mass is 16.6. The Morgan fingerprint density at radius 2 is 2.05 bits per heavy atom. The van der Waals surface area contributed by atoms with E-state index in [1.165, 1.54) is 6.42 Å². The molecular formula is C16H27NO3. The monoisotopic (exact) mass is 281 g/mol. The maximum Gasteiger partial charge on any atom is 0.155 e. The van der Waals surface area contributed by atoms with Crippen LogP contribution < -0.4 is 5.73 Å². The van der Waals surface area contributed by atoms with E-state index >= 15 is 0 Å². The van der Waals surface area contributed by atoms with Gasteiger partial charge in [0.1, 0.15) is 0 Å². The average molecular weight is 281 g/mol. The molecule has 3 rings (SSSR count). The third-order valence-corrected chi connectivity index (χ3v) is 5.45. The van der Waals surface area contributed by atoms with E-state index in [0.717, 1.165) is 45.1 Å². The van der Waals surface area contributed by atoms with E-state index in [9.17, 15) is 4.79 Å². The minimum absolute atomic E-state index is 0.0701. The van der Waals surface area contributed by atoms with Crippen LogP contribution in [0.5, 0.6) is 0 Å². The van der Waals surface area contributed by atoms with Gasteiger partial charge in [0.25, 0.3) is 0 Å². The van der Waals surface area contributed by atoms with E-state index in [4.69, 9.17) is 15.2 Å². The molecule has 1 saturated carbocycles. The van der Waals surface area contributed by atoms with Crippen LogP contribution in [-0.2, 0) is 14.3 Å². The van der Waals surface area contributed by atoms with Crippen molar-refractivity contribution in [2.45, 2.75) is 63.0 Å². The minimum atomic E-state index is -0.583. The van der Waals surface area contributed by atoms with Gasteiger partial charge in [-0.1, -0.05) is 19.8 Å². The highest BCUT2D eigenvalue weighted by Gasteiger charge is 2.47. The molecule has 4 atom stereocenters. The summed E-state index contributed by atoms with van der Waals surface area (Å²) in [6, 6.07) is 0. The van der Waals surface area contributed by atoms with E-state index in [0.29, 0.717) is 24.9 Å². The molecule has 20 heavy (non-hydrogen) atoms. The lowest BCUT2D eigenvalue weighted by Gasteiger charge is -2.42. The van der Waals surface area contributed by atoms with E-state index in [-0.39, 0.29) is 11.5 Å². The molecule has 2 aliphatic heterocycles. The Morgan fingerprint density at radius 3 is 2.75 bits per heavy atom. The second-order valence-electron chi connectivity index (χ2n) is 7.25. The molecule has 0 radical (unpaired) electrons. The Morgan fingerprint density at radius 1 is 1.20 bits per heavy atom. The first-order chi connectivity index (χ1) is 9.53. The molecule has 0 aromatic carbocycles. The SMILES string of the molecule is CC1CCCC(N)(C(=O)C2CCOC3(CCOC3)C2)C1. The Labute approximate surface area is 121 Å². The topological polar surface area (TPSA) is 61.6 Å². The summed E-state index contributed by atoms with van der Waals surface area (Å²) >= 11 is 0. The summed E-state index contributed by atoms with van der Waals surface area (Å²) in [6.07, 6.45) is 6.56. The molecule has 0 aromatic heterocycles. The molecule has 4 heteroatoms. The van der Waals surface area contributed by atoms with Gasteiger partial charge in [-0.2, -0.15) is 0 Å². The third-order valence-electron chi connectivity index (χ3n) is 5.45. The molecule has 2 heterocycles. The van der Waals surface area contributed by atoms with Crippen LogP contribution in [0.1, 0.15) is 51.9 Å². The van der Waals surface area contributed by atoms with E-state index in [2.05, 4.69) is 6.92 Å². The summed E-state index contributed by atoms with van der Waals surface area (Å²) in [7, 11) is 0.